The van der Waals surface area contributed by atoms with E-state index in [2.05, 4.69) is 212 Å². The van der Waals surface area contributed by atoms with Gasteiger partial charge in [-0.15, -0.1) is 0 Å². The highest BCUT2D eigenvalue weighted by molar-refractivity contribution is 6.10. The van der Waals surface area contributed by atoms with Crippen molar-refractivity contribution < 1.29 is 18.3 Å². The van der Waals surface area contributed by atoms with E-state index in [0.29, 0.717) is 34.9 Å². The molecule has 2 aliphatic carbocycles. The van der Waals surface area contributed by atoms with E-state index in [1.165, 1.54) is 5.56 Å². The zero-order valence-corrected chi connectivity index (χ0v) is 54.3. The van der Waals surface area contributed by atoms with Gasteiger partial charge < -0.3 is 18.3 Å². The van der Waals surface area contributed by atoms with Gasteiger partial charge in [0.15, 0.2) is 34.9 Å². The van der Waals surface area contributed by atoms with Crippen molar-refractivity contribution in [2.24, 2.45) is 0 Å². The molecule has 1 unspecified atom stereocenters. The fourth-order valence-electron chi connectivity index (χ4n) is 16.9. The number of aromatic nitrogens is 6. The number of furan rings is 2. The van der Waals surface area contributed by atoms with E-state index < -0.39 is 10.8 Å². The molecule has 2 aliphatic heterocycles. The molecule has 0 fully saturated rings. The molecular weight excluding hydrogens is 1250 g/mol. The first-order valence-electron chi connectivity index (χ1n) is 34.3. The van der Waals surface area contributed by atoms with E-state index in [1.54, 1.807) is 0 Å². The highest BCUT2D eigenvalue weighted by Crippen LogP contribution is 2.65. The molecule has 4 aromatic heterocycles. The zero-order chi connectivity index (χ0) is 66.8. The molecular formula is C92H52N6O4. The lowest BCUT2D eigenvalue weighted by Gasteiger charge is -2.39. The molecule has 0 radical (unpaired) electrons. The van der Waals surface area contributed by atoms with Crippen molar-refractivity contribution in [3.05, 3.63) is 360 Å². The van der Waals surface area contributed by atoms with Crippen LogP contribution >= 0.6 is 0 Å². The molecule has 1 atom stereocenters. The second-order valence-electron chi connectivity index (χ2n) is 26.7. The van der Waals surface area contributed by atoms with Crippen molar-refractivity contribution in [1.82, 2.24) is 29.9 Å². The summed E-state index contributed by atoms with van der Waals surface area (Å²) in [6, 6.07) is 110. The smallest absolute Gasteiger partial charge is 0.164 e. The van der Waals surface area contributed by atoms with Gasteiger partial charge in [0.1, 0.15) is 45.3 Å². The Bertz CT molecular complexity index is 6550. The lowest BCUT2D eigenvalue weighted by molar-refractivity contribution is 0.436. The minimum Gasteiger partial charge on any atom is -0.457 e. The predicted molar refractivity (Wildman–Crippen MR) is 401 cm³/mol. The van der Waals surface area contributed by atoms with Crippen LogP contribution in [0, 0.1) is 0 Å². The van der Waals surface area contributed by atoms with E-state index >= 15 is 0 Å². The van der Waals surface area contributed by atoms with Crippen molar-refractivity contribution in [3.63, 3.8) is 0 Å². The van der Waals surface area contributed by atoms with Gasteiger partial charge in [-0.05, 0) is 141 Å². The van der Waals surface area contributed by atoms with Crippen LogP contribution in [-0.2, 0) is 10.8 Å². The maximum absolute atomic E-state index is 6.94. The molecule has 0 N–H and O–H groups in total. The third-order valence-electron chi connectivity index (χ3n) is 21.3. The Morgan fingerprint density at radius 1 is 0.186 bits per heavy atom. The average molecular weight is 1310 g/mol. The van der Waals surface area contributed by atoms with Crippen LogP contribution in [0.25, 0.3) is 146 Å². The number of hydrogen-bond acceptors (Lipinski definition) is 10. The van der Waals surface area contributed by atoms with Crippen molar-refractivity contribution in [1.29, 1.82) is 0 Å². The summed E-state index contributed by atoms with van der Waals surface area (Å²) in [6.45, 7) is 0. The molecule has 10 nitrogen and oxygen atoms in total. The van der Waals surface area contributed by atoms with Crippen LogP contribution in [0.2, 0.25) is 0 Å². The molecule has 18 aromatic rings. The van der Waals surface area contributed by atoms with Gasteiger partial charge in [-0.1, -0.05) is 231 Å². The third-order valence-corrected chi connectivity index (χ3v) is 21.3. The first-order valence-corrected chi connectivity index (χ1v) is 34.3. The molecule has 0 saturated heterocycles. The summed E-state index contributed by atoms with van der Waals surface area (Å²) in [6.07, 6.45) is 0. The lowest BCUT2D eigenvalue weighted by Crippen LogP contribution is -2.32. The number of benzene rings is 14. The van der Waals surface area contributed by atoms with Crippen LogP contribution in [0.5, 0.6) is 23.0 Å². The average Bonchev–Trinajstić information content (AvgIpc) is 1.51. The van der Waals surface area contributed by atoms with Gasteiger partial charge in [0.05, 0.1) is 10.8 Å². The summed E-state index contributed by atoms with van der Waals surface area (Å²) in [7, 11) is 0. The highest BCUT2D eigenvalue weighted by Gasteiger charge is 2.53. The third kappa shape index (κ3) is 8.11. The van der Waals surface area contributed by atoms with E-state index in [-0.39, 0.29) is 0 Å². The largest absolute Gasteiger partial charge is 0.457 e. The van der Waals surface area contributed by atoms with Gasteiger partial charge in [-0.3, -0.25) is 0 Å². The van der Waals surface area contributed by atoms with Gasteiger partial charge in [0.25, 0.3) is 0 Å². The van der Waals surface area contributed by atoms with Crippen molar-refractivity contribution >= 4 is 43.9 Å². The first-order chi connectivity index (χ1) is 50.5. The van der Waals surface area contributed by atoms with Gasteiger partial charge in [0.2, 0.25) is 0 Å². The van der Waals surface area contributed by atoms with Crippen LogP contribution in [0.1, 0.15) is 44.5 Å². The monoisotopic (exact) mass is 1300 g/mol. The summed E-state index contributed by atoms with van der Waals surface area (Å²) in [5.41, 5.74) is 22.2. The van der Waals surface area contributed by atoms with Crippen molar-refractivity contribution in [2.75, 3.05) is 0 Å². The number of nitrogens with zero attached hydrogens (tertiary/aromatic N) is 6. The predicted octanol–water partition coefficient (Wildman–Crippen LogP) is 22.5. The summed E-state index contributed by atoms with van der Waals surface area (Å²) in [5.74, 6) is 6.49. The standard InChI is InChI=1S/C92H52N6O4/c1-3-20-54(21-4-1)85-93-87(97-89(95-85)59-42-44-62-65-49-67-63-27-8-14-33-77(63)100-84(67)52-75(65)92(73(62)47-59)71-31-12-17-36-80(71)101-81-37-18-13-32-72(81)92)56-40-38-53(39-41-56)57-24-19-25-58(46-57)88-94-86(55-22-5-2-6-23-55)96-90(98-88)60-43-45-82-76(48-60)91(70-30-11-16-35-79(70)102-82)69-29-10-7-26-61(69)66-51-83-68(50-74(66)91)64-28-9-15-34-78(64)99-83/h1-52H. The Kier molecular flexibility index (Phi) is 11.8. The van der Waals surface area contributed by atoms with Crippen LogP contribution in [0.15, 0.2) is 324 Å². The molecule has 0 amide bonds. The van der Waals surface area contributed by atoms with E-state index in [0.717, 1.165) is 173 Å². The van der Waals surface area contributed by atoms with Gasteiger partial charge in [-0.2, -0.15) is 0 Å². The molecule has 102 heavy (non-hydrogen) atoms. The Labute approximate surface area is 584 Å². The molecule has 2 spiro atoms. The fourth-order valence-corrected chi connectivity index (χ4v) is 16.9. The van der Waals surface area contributed by atoms with Gasteiger partial charge in [-0.25, -0.2) is 29.9 Å². The summed E-state index contributed by atoms with van der Waals surface area (Å²) in [5, 5.41) is 4.29. The van der Waals surface area contributed by atoms with Crippen LogP contribution in [0.4, 0.5) is 0 Å². The molecule has 22 rings (SSSR count). The minimum atomic E-state index is -0.779. The number of ether oxygens (including phenoxy) is 2. The molecule has 474 valence electrons. The lowest BCUT2D eigenvalue weighted by atomic mass is 9.65. The van der Waals surface area contributed by atoms with Crippen LogP contribution < -0.4 is 9.47 Å². The van der Waals surface area contributed by atoms with Gasteiger partial charge >= 0.3 is 0 Å². The number of fused-ring (bicyclic) bond motifs is 24. The minimum absolute atomic E-state index is 0.535. The first kappa shape index (κ1) is 56.3. The Morgan fingerprint density at radius 2 is 0.559 bits per heavy atom. The van der Waals surface area contributed by atoms with E-state index in [4.69, 9.17) is 48.2 Å². The van der Waals surface area contributed by atoms with Crippen molar-refractivity contribution in [3.8, 4) is 125 Å². The highest BCUT2D eigenvalue weighted by atomic mass is 16.5. The van der Waals surface area contributed by atoms with Crippen LogP contribution in [-0.4, -0.2) is 29.9 Å². The quantitative estimate of drug-likeness (QED) is 0.152. The Hall–Kier alpha value is -13.7. The summed E-state index contributed by atoms with van der Waals surface area (Å²) < 4.78 is 26.9. The summed E-state index contributed by atoms with van der Waals surface area (Å²) in [4.78, 5) is 31.9. The van der Waals surface area contributed by atoms with Crippen molar-refractivity contribution in [2.45, 2.75) is 10.8 Å². The second kappa shape index (κ2) is 21.4. The maximum atomic E-state index is 6.94. The Morgan fingerprint density at radius 3 is 1.16 bits per heavy atom. The second-order valence-corrected chi connectivity index (χ2v) is 26.7. The number of rotatable bonds is 7. The molecule has 6 heterocycles. The fraction of sp³-hybridized carbons (Fsp3) is 0.0217. The number of para-hydroxylation sites is 5. The normalized spacial score (nSPS) is 14.5. The topological polar surface area (TPSA) is 122 Å². The molecule has 10 heteroatoms. The molecule has 14 aromatic carbocycles. The summed E-state index contributed by atoms with van der Waals surface area (Å²) >= 11 is 0. The number of hydrogen-bond donors (Lipinski definition) is 0. The maximum Gasteiger partial charge on any atom is 0.164 e. The van der Waals surface area contributed by atoms with E-state index in [1.807, 2.05) is 103 Å². The Balaban J connectivity index is 0.653. The van der Waals surface area contributed by atoms with E-state index in [9.17, 15) is 0 Å². The van der Waals surface area contributed by atoms with Crippen LogP contribution in [0.3, 0.4) is 0 Å². The molecule has 4 aliphatic rings. The SMILES string of the molecule is c1ccc(-c2nc(-c3cccc(-c4ccc(-c5nc(-c6ccccc6)nc(-c6ccc7c(c6)C6(c8ccccc8Oc8ccccc86)c6cc8oc9ccccc9c8cc6-7)n5)cc4)c3)nc(-c3ccc4c(c3)C3(c5ccccc5O4)c4ccccc4-c4cc5oc6ccccc6c5cc43)n2)cc1. The molecule has 0 saturated carbocycles. The zero-order valence-electron chi connectivity index (χ0n) is 54.3. The molecule has 0 bridgehead atoms. The van der Waals surface area contributed by atoms with Gasteiger partial charge in [0, 0.05) is 77.2 Å².